The van der Waals surface area contributed by atoms with Crippen LogP contribution in [0.25, 0.3) is 0 Å². The van der Waals surface area contributed by atoms with Crippen molar-refractivity contribution >= 4 is 38.9 Å². The molecule has 0 spiro atoms. The van der Waals surface area contributed by atoms with Gasteiger partial charge in [-0.25, -0.2) is 0 Å². The van der Waals surface area contributed by atoms with Crippen LogP contribution in [0.3, 0.4) is 0 Å². The Morgan fingerprint density at radius 1 is 0.500 bits per heavy atom. The number of nitrogens with zero attached hydrogens (tertiary/aromatic N) is 2. The van der Waals surface area contributed by atoms with Gasteiger partial charge in [0.15, 0.2) is 11.6 Å². The molecule has 0 N–H and O–H groups in total. The van der Waals surface area contributed by atoms with E-state index in [1.165, 1.54) is 5.56 Å². The summed E-state index contributed by atoms with van der Waals surface area (Å²) in [6.07, 6.45) is 0.610. The summed E-state index contributed by atoms with van der Waals surface area (Å²) in [5.74, 6) is 0.146. The van der Waals surface area contributed by atoms with Crippen molar-refractivity contribution in [3.8, 4) is 0 Å². The van der Waals surface area contributed by atoms with Gasteiger partial charge in [-0.3, -0.25) is 19.6 Å². The Hall–Kier alpha value is -5.52. The molecular weight excluding hydrogens is 704 g/mol. The Balaban J connectivity index is 0.000000235. The molecule has 6 rings (SSSR count). The second kappa shape index (κ2) is 23.0. The second-order valence-electron chi connectivity index (χ2n) is 11.7. The van der Waals surface area contributed by atoms with E-state index in [0.29, 0.717) is 6.42 Å². The predicted octanol–water partition coefficient (Wildman–Crippen LogP) is 11.1. The SMILES string of the molecule is BrCc1ccccc1.C.CC(=O)C(Cc1ccccc1)N=C(c1ccccc1)c1ccccc1.CC(=O)CN=C(c1ccccc1)c1ccccc1. The molecule has 1 atom stereocenters. The molecule has 0 aliphatic heterocycles. The van der Waals surface area contributed by atoms with Gasteiger partial charge in [0.2, 0.25) is 0 Å². The molecule has 0 heterocycles. The number of carbonyl (C=O) groups is 2. The molecule has 4 nitrogen and oxygen atoms in total. The van der Waals surface area contributed by atoms with Crippen LogP contribution in [-0.2, 0) is 21.3 Å². The lowest BCUT2D eigenvalue weighted by Gasteiger charge is -2.14. The smallest absolute Gasteiger partial charge is 0.154 e. The summed E-state index contributed by atoms with van der Waals surface area (Å²) in [6, 6.07) is 59.9. The standard InChI is InChI=1S/C23H21NO.C16H15NO.C7H7Br.CH4/c1-18(25)22(17-19-11-5-2-6-12-19)24-23(20-13-7-3-8-14-20)21-15-9-4-10-16-21;1-13(18)12-17-16(14-8-4-2-5-9-14)15-10-6-3-7-11-15;8-6-7-4-2-1-3-5-7;/h2-16,22H,17H2,1H3;2-11H,12H2,1H3;1-5H,6H2;1H4. The van der Waals surface area contributed by atoms with Crippen LogP contribution in [0.4, 0.5) is 0 Å². The van der Waals surface area contributed by atoms with Crippen molar-refractivity contribution in [1.29, 1.82) is 0 Å². The summed E-state index contributed by atoms with van der Waals surface area (Å²) in [4.78, 5) is 32.7. The van der Waals surface area contributed by atoms with Gasteiger partial charge in [-0.2, -0.15) is 0 Å². The fourth-order valence-electron chi connectivity index (χ4n) is 5.08. The van der Waals surface area contributed by atoms with Gasteiger partial charge in [-0.05, 0) is 25.0 Å². The van der Waals surface area contributed by atoms with Crippen molar-refractivity contribution in [1.82, 2.24) is 0 Å². The van der Waals surface area contributed by atoms with Crippen LogP contribution in [-0.4, -0.2) is 35.6 Å². The summed E-state index contributed by atoms with van der Waals surface area (Å²) in [6.45, 7) is 3.39. The van der Waals surface area contributed by atoms with Crippen molar-refractivity contribution in [2.24, 2.45) is 9.98 Å². The molecule has 0 bridgehead atoms. The Labute approximate surface area is 318 Å². The summed E-state index contributed by atoms with van der Waals surface area (Å²) in [5.41, 5.74) is 8.28. The number of hydrogen-bond donors (Lipinski definition) is 0. The van der Waals surface area contributed by atoms with Crippen molar-refractivity contribution in [3.63, 3.8) is 0 Å². The van der Waals surface area contributed by atoms with Gasteiger partial charge in [0.05, 0.1) is 18.0 Å². The maximum absolute atomic E-state index is 12.2. The van der Waals surface area contributed by atoms with E-state index in [9.17, 15) is 9.59 Å². The lowest BCUT2D eigenvalue weighted by atomic mass is 9.99. The zero-order valence-electron chi connectivity index (χ0n) is 29.1. The third kappa shape index (κ3) is 14.0. The normalized spacial score (nSPS) is 10.4. The Bertz CT molecular complexity index is 1860. The summed E-state index contributed by atoms with van der Waals surface area (Å²) in [7, 11) is 0. The van der Waals surface area contributed by atoms with Gasteiger partial charge in [-0.15, -0.1) is 0 Å². The molecule has 0 aliphatic rings. The molecule has 0 fully saturated rings. The number of halogens is 1. The number of aliphatic imine (C=N–C) groups is 2. The molecule has 0 aromatic heterocycles. The number of benzene rings is 6. The van der Waals surface area contributed by atoms with Gasteiger partial charge in [0.1, 0.15) is 6.04 Å². The van der Waals surface area contributed by atoms with E-state index in [4.69, 9.17) is 4.99 Å². The molecule has 0 saturated heterocycles. The zero-order valence-corrected chi connectivity index (χ0v) is 30.7. The molecule has 52 heavy (non-hydrogen) atoms. The quantitative estimate of drug-likeness (QED) is 0.0978. The zero-order chi connectivity index (χ0) is 36.1. The van der Waals surface area contributed by atoms with E-state index < -0.39 is 6.04 Å². The van der Waals surface area contributed by atoms with Crippen LogP contribution in [0, 0.1) is 0 Å². The molecule has 0 aliphatic carbocycles. The van der Waals surface area contributed by atoms with Crippen LogP contribution >= 0.6 is 15.9 Å². The highest BCUT2D eigenvalue weighted by atomic mass is 79.9. The van der Waals surface area contributed by atoms with Crippen LogP contribution in [0.1, 0.15) is 54.7 Å². The highest BCUT2D eigenvalue weighted by Gasteiger charge is 2.17. The van der Waals surface area contributed by atoms with Crippen LogP contribution < -0.4 is 0 Å². The second-order valence-corrected chi connectivity index (χ2v) is 12.3. The number of alkyl halides is 1. The topological polar surface area (TPSA) is 58.9 Å². The van der Waals surface area contributed by atoms with E-state index in [1.54, 1.807) is 13.8 Å². The van der Waals surface area contributed by atoms with E-state index in [1.807, 2.05) is 170 Å². The van der Waals surface area contributed by atoms with Gasteiger partial charge in [0, 0.05) is 34.0 Å². The first-order valence-electron chi connectivity index (χ1n) is 16.9. The lowest BCUT2D eigenvalue weighted by molar-refractivity contribution is -0.118. The van der Waals surface area contributed by atoms with Crippen LogP contribution in [0.5, 0.6) is 0 Å². The molecule has 6 aromatic carbocycles. The first-order valence-corrected chi connectivity index (χ1v) is 18.0. The third-order valence-corrected chi connectivity index (χ3v) is 8.32. The average molecular weight is 752 g/mol. The first-order chi connectivity index (χ1) is 24.9. The fourth-order valence-corrected chi connectivity index (χ4v) is 5.45. The summed E-state index contributed by atoms with van der Waals surface area (Å²) in [5, 5.41) is 0.952. The Morgan fingerprint density at radius 3 is 1.13 bits per heavy atom. The lowest BCUT2D eigenvalue weighted by Crippen LogP contribution is -2.21. The number of hydrogen-bond acceptors (Lipinski definition) is 4. The molecule has 1 unspecified atom stereocenters. The number of Topliss-reactive ketones (excluding diaryl/α,β-unsaturated/α-hetero) is 2. The average Bonchev–Trinajstić information content (AvgIpc) is 3.19. The minimum absolute atomic E-state index is 0. The van der Waals surface area contributed by atoms with E-state index in [-0.39, 0.29) is 25.5 Å². The molecular formula is C47H47BrN2O2. The molecule has 264 valence electrons. The van der Waals surface area contributed by atoms with E-state index >= 15 is 0 Å². The van der Waals surface area contributed by atoms with E-state index in [2.05, 4.69) is 33.1 Å². The summed E-state index contributed by atoms with van der Waals surface area (Å²) < 4.78 is 0. The number of ketones is 2. The van der Waals surface area contributed by atoms with Gasteiger partial charge >= 0.3 is 0 Å². The largest absolute Gasteiger partial charge is 0.298 e. The minimum atomic E-state index is -0.391. The molecule has 6 aromatic rings. The van der Waals surface area contributed by atoms with Crippen molar-refractivity contribution in [3.05, 3.63) is 215 Å². The van der Waals surface area contributed by atoms with Gasteiger partial charge in [0.25, 0.3) is 0 Å². The number of rotatable bonds is 11. The van der Waals surface area contributed by atoms with Crippen molar-refractivity contribution < 1.29 is 9.59 Å². The Kier molecular flexibility index (Phi) is 18.1. The van der Waals surface area contributed by atoms with Gasteiger partial charge < -0.3 is 0 Å². The van der Waals surface area contributed by atoms with Crippen LogP contribution in [0.15, 0.2) is 192 Å². The minimum Gasteiger partial charge on any atom is -0.298 e. The van der Waals surface area contributed by atoms with Crippen molar-refractivity contribution in [2.75, 3.05) is 6.54 Å². The monoisotopic (exact) mass is 750 g/mol. The van der Waals surface area contributed by atoms with Crippen molar-refractivity contribution in [2.45, 2.75) is 39.1 Å². The maximum Gasteiger partial charge on any atom is 0.154 e. The fraction of sp³-hybridized carbons (Fsp3) is 0.149. The molecule has 5 heteroatoms. The van der Waals surface area contributed by atoms with Crippen LogP contribution in [0.2, 0.25) is 0 Å². The highest BCUT2D eigenvalue weighted by molar-refractivity contribution is 9.08. The molecule has 0 radical (unpaired) electrons. The first kappa shape index (κ1) is 40.9. The molecule has 0 amide bonds. The number of carbonyl (C=O) groups excluding carboxylic acids is 2. The maximum atomic E-state index is 12.2. The Morgan fingerprint density at radius 2 is 0.827 bits per heavy atom. The molecule has 0 saturated carbocycles. The van der Waals surface area contributed by atoms with E-state index in [0.717, 1.165) is 44.6 Å². The summed E-state index contributed by atoms with van der Waals surface area (Å²) >= 11 is 3.36. The predicted molar refractivity (Wildman–Crippen MR) is 223 cm³/mol. The highest BCUT2D eigenvalue weighted by Crippen LogP contribution is 2.15. The third-order valence-electron chi connectivity index (χ3n) is 7.67. The van der Waals surface area contributed by atoms with Gasteiger partial charge in [-0.1, -0.05) is 205 Å².